The monoisotopic (exact) mass is 337 g/mol. The molecule has 2 N–H and O–H groups in total. The molecule has 4 nitrogen and oxygen atoms in total. The SMILES string of the molecule is Cc1ccc(/C=C/C(=O)c2ccccc2N)cc1OC1CCCCO1. The number of aryl methyl sites for hydroxylation is 1. The van der Waals surface area contributed by atoms with E-state index in [4.69, 9.17) is 15.2 Å². The van der Waals surface area contributed by atoms with Crippen LogP contribution in [0.5, 0.6) is 5.75 Å². The summed E-state index contributed by atoms with van der Waals surface area (Å²) in [5.41, 5.74) is 8.80. The molecule has 130 valence electrons. The third-order valence-electron chi connectivity index (χ3n) is 4.26. The van der Waals surface area contributed by atoms with E-state index in [2.05, 4.69) is 0 Å². The first-order valence-electron chi connectivity index (χ1n) is 8.59. The Labute approximate surface area is 148 Å². The molecule has 4 heteroatoms. The first kappa shape index (κ1) is 17.2. The van der Waals surface area contributed by atoms with Gasteiger partial charge in [0.15, 0.2) is 12.1 Å². The Hall–Kier alpha value is -2.59. The van der Waals surface area contributed by atoms with Gasteiger partial charge in [0.1, 0.15) is 5.75 Å². The van der Waals surface area contributed by atoms with Gasteiger partial charge >= 0.3 is 0 Å². The molecule has 0 spiro atoms. The Bertz CT molecular complexity index is 776. The number of nitrogen functional groups attached to an aromatic ring is 1. The van der Waals surface area contributed by atoms with Crippen LogP contribution in [0.15, 0.2) is 48.5 Å². The van der Waals surface area contributed by atoms with E-state index in [0.717, 1.165) is 42.7 Å². The summed E-state index contributed by atoms with van der Waals surface area (Å²) in [5.74, 6) is 0.678. The van der Waals surface area contributed by atoms with Crippen LogP contribution in [0.1, 0.15) is 40.7 Å². The van der Waals surface area contributed by atoms with Crippen LogP contribution >= 0.6 is 0 Å². The number of ether oxygens (including phenoxy) is 2. The summed E-state index contributed by atoms with van der Waals surface area (Å²) in [4.78, 5) is 12.3. The minimum Gasteiger partial charge on any atom is -0.465 e. The smallest absolute Gasteiger partial charge is 0.199 e. The highest BCUT2D eigenvalue weighted by Crippen LogP contribution is 2.25. The van der Waals surface area contributed by atoms with Gasteiger partial charge in [0, 0.05) is 17.7 Å². The third-order valence-corrected chi connectivity index (χ3v) is 4.26. The van der Waals surface area contributed by atoms with Crippen molar-refractivity contribution >= 4 is 17.5 Å². The van der Waals surface area contributed by atoms with E-state index in [1.807, 2.05) is 31.2 Å². The minimum atomic E-state index is -0.183. The lowest BCUT2D eigenvalue weighted by Gasteiger charge is -2.24. The predicted molar refractivity (Wildman–Crippen MR) is 99.6 cm³/mol. The number of carbonyl (C=O) groups excluding carboxylic acids is 1. The fraction of sp³-hybridized carbons (Fsp3) is 0.286. The highest BCUT2D eigenvalue weighted by atomic mass is 16.7. The van der Waals surface area contributed by atoms with Crippen molar-refractivity contribution in [2.75, 3.05) is 12.3 Å². The van der Waals surface area contributed by atoms with Gasteiger partial charge in [0.25, 0.3) is 0 Å². The molecule has 25 heavy (non-hydrogen) atoms. The number of nitrogens with two attached hydrogens (primary N) is 1. The van der Waals surface area contributed by atoms with E-state index in [1.54, 1.807) is 24.3 Å². The number of hydrogen-bond acceptors (Lipinski definition) is 4. The highest BCUT2D eigenvalue weighted by Gasteiger charge is 2.16. The molecule has 2 aromatic rings. The van der Waals surface area contributed by atoms with Gasteiger partial charge in [0.05, 0.1) is 6.61 Å². The lowest BCUT2D eigenvalue weighted by atomic mass is 10.1. The number of allylic oxidation sites excluding steroid dienone is 1. The zero-order valence-corrected chi connectivity index (χ0v) is 14.4. The van der Waals surface area contributed by atoms with Crippen molar-refractivity contribution in [2.45, 2.75) is 32.5 Å². The van der Waals surface area contributed by atoms with Gasteiger partial charge in [0.2, 0.25) is 0 Å². The summed E-state index contributed by atoms with van der Waals surface area (Å²) in [7, 11) is 0. The van der Waals surface area contributed by atoms with Crippen molar-refractivity contribution < 1.29 is 14.3 Å². The lowest BCUT2D eigenvalue weighted by molar-refractivity contribution is -0.106. The maximum atomic E-state index is 12.3. The van der Waals surface area contributed by atoms with E-state index in [-0.39, 0.29) is 12.1 Å². The van der Waals surface area contributed by atoms with Gasteiger partial charge < -0.3 is 15.2 Å². The summed E-state index contributed by atoms with van der Waals surface area (Å²) in [6, 6.07) is 13.0. The van der Waals surface area contributed by atoms with Crippen LogP contribution < -0.4 is 10.5 Å². The molecule has 1 saturated heterocycles. The summed E-state index contributed by atoms with van der Waals surface area (Å²) in [5, 5.41) is 0. The number of hydrogen-bond donors (Lipinski definition) is 1. The molecule has 1 aliphatic rings. The summed E-state index contributed by atoms with van der Waals surface area (Å²) in [6.45, 7) is 2.75. The molecular formula is C21H23NO3. The van der Waals surface area contributed by atoms with Crippen LogP contribution in [0.25, 0.3) is 6.08 Å². The van der Waals surface area contributed by atoms with Crippen molar-refractivity contribution in [3.8, 4) is 5.75 Å². The molecule has 2 aromatic carbocycles. The lowest BCUT2D eigenvalue weighted by Crippen LogP contribution is -2.25. The van der Waals surface area contributed by atoms with E-state index in [0.29, 0.717) is 11.3 Å². The molecule has 3 rings (SSSR count). The fourth-order valence-corrected chi connectivity index (χ4v) is 2.78. The Morgan fingerprint density at radius 2 is 2.08 bits per heavy atom. The van der Waals surface area contributed by atoms with E-state index < -0.39 is 0 Å². The zero-order valence-electron chi connectivity index (χ0n) is 14.4. The molecule has 0 bridgehead atoms. The normalized spacial score (nSPS) is 17.6. The van der Waals surface area contributed by atoms with Crippen molar-refractivity contribution in [1.82, 2.24) is 0 Å². The number of rotatable bonds is 5. The van der Waals surface area contributed by atoms with Gasteiger partial charge in [-0.2, -0.15) is 0 Å². The maximum absolute atomic E-state index is 12.3. The molecule has 1 aliphatic heterocycles. The molecule has 1 heterocycles. The number of benzene rings is 2. The molecule has 1 atom stereocenters. The first-order valence-corrected chi connectivity index (χ1v) is 8.59. The van der Waals surface area contributed by atoms with Gasteiger partial charge in [-0.05, 0) is 55.2 Å². The van der Waals surface area contributed by atoms with Crippen molar-refractivity contribution in [1.29, 1.82) is 0 Å². The predicted octanol–water partition coefficient (Wildman–Crippen LogP) is 4.38. The molecular weight excluding hydrogens is 314 g/mol. The Kier molecular flexibility index (Phi) is 5.51. The van der Waals surface area contributed by atoms with Crippen molar-refractivity contribution in [2.24, 2.45) is 0 Å². The number of para-hydroxylation sites is 1. The highest BCUT2D eigenvalue weighted by molar-refractivity contribution is 6.10. The molecule has 0 saturated carbocycles. The standard InChI is InChI=1S/C21H23NO3/c1-15-9-10-16(14-20(15)25-21-8-4-5-13-24-21)11-12-19(23)17-6-2-3-7-18(17)22/h2-3,6-7,9-12,14,21H,4-5,8,13,22H2,1H3/b12-11+. The van der Waals surface area contributed by atoms with Gasteiger partial charge in [-0.25, -0.2) is 0 Å². The zero-order chi connectivity index (χ0) is 17.6. The quantitative estimate of drug-likeness (QED) is 0.500. The average Bonchev–Trinajstić information content (AvgIpc) is 2.63. The van der Waals surface area contributed by atoms with Crippen LogP contribution in [0.3, 0.4) is 0 Å². The molecule has 0 aliphatic carbocycles. The third kappa shape index (κ3) is 4.48. The Balaban J connectivity index is 1.73. The van der Waals surface area contributed by atoms with E-state index in [1.165, 1.54) is 6.08 Å². The van der Waals surface area contributed by atoms with E-state index >= 15 is 0 Å². The molecule has 0 radical (unpaired) electrons. The summed E-state index contributed by atoms with van der Waals surface area (Å²) < 4.78 is 11.6. The number of carbonyl (C=O) groups is 1. The van der Waals surface area contributed by atoms with Gasteiger partial charge in [-0.3, -0.25) is 4.79 Å². The second kappa shape index (κ2) is 7.99. The second-order valence-corrected chi connectivity index (χ2v) is 6.22. The van der Waals surface area contributed by atoms with Crippen LogP contribution in [-0.2, 0) is 4.74 Å². The molecule has 1 unspecified atom stereocenters. The average molecular weight is 337 g/mol. The Morgan fingerprint density at radius 1 is 1.24 bits per heavy atom. The number of anilines is 1. The number of ketones is 1. The van der Waals surface area contributed by atoms with Crippen molar-refractivity contribution in [3.05, 3.63) is 65.2 Å². The Morgan fingerprint density at radius 3 is 2.84 bits per heavy atom. The van der Waals surface area contributed by atoms with Gasteiger partial charge in [-0.15, -0.1) is 0 Å². The molecule has 0 amide bonds. The minimum absolute atomic E-state index is 0.114. The van der Waals surface area contributed by atoms with Crippen LogP contribution in [0.2, 0.25) is 0 Å². The van der Waals surface area contributed by atoms with Gasteiger partial charge in [-0.1, -0.05) is 30.3 Å². The van der Waals surface area contributed by atoms with Crippen LogP contribution in [-0.4, -0.2) is 18.7 Å². The second-order valence-electron chi connectivity index (χ2n) is 6.22. The van der Waals surface area contributed by atoms with Crippen LogP contribution in [0.4, 0.5) is 5.69 Å². The maximum Gasteiger partial charge on any atom is 0.199 e. The summed E-state index contributed by atoms with van der Waals surface area (Å²) >= 11 is 0. The first-order chi connectivity index (χ1) is 12.1. The van der Waals surface area contributed by atoms with Crippen LogP contribution in [0, 0.1) is 6.92 Å². The molecule has 0 aromatic heterocycles. The largest absolute Gasteiger partial charge is 0.465 e. The fourth-order valence-electron chi connectivity index (χ4n) is 2.78. The molecule has 1 fully saturated rings. The van der Waals surface area contributed by atoms with E-state index in [9.17, 15) is 4.79 Å². The summed E-state index contributed by atoms with van der Waals surface area (Å²) in [6.07, 6.45) is 6.26. The topological polar surface area (TPSA) is 61.6 Å². The van der Waals surface area contributed by atoms with Crippen molar-refractivity contribution in [3.63, 3.8) is 0 Å².